The molecule has 0 saturated heterocycles. The predicted molar refractivity (Wildman–Crippen MR) is 78.7 cm³/mol. The lowest BCUT2D eigenvalue weighted by Gasteiger charge is -2.22. The molecule has 0 aliphatic carbocycles. The van der Waals surface area contributed by atoms with Crippen LogP contribution in [-0.2, 0) is 16.1 Å². The fraction of sp³-hybridized carbons (Fsp3) is 0.643. The van der Waals surface area contributed by atoms with Crippen molar-refractivity contribution < 1.29 is 14.3 Å². The van der Waals surface area contributed by atoms with E-state index in [-0.39, 0.29) is 11.9 Å². The van der Waals surface area contributed by atoms with Crippen LogP contribution in [0.25, 0.3) is 0 Å². The summed E-state index contributed by atoms with van der Waals surface area (Å²) >= 11 is 0. The summed E-state index contributed by atoms with van der Waals surface area (Å²) in [4.78, 5) is 27.1. The number of alkyl carbamates (subject to hydrolysis) is 1. The molecule has 1 rings (SSSR count). The van der Waals surface area contributed by atoms with Gasteiger partial charge in [-0.3, -0.25) is 4.79 Å². The van der Waals surface area contributed by atoms with Gasteiger partial charge in [0.05, 0.1) is 24.3 Å². The molecule has 7 nitrogen and oxygen atoms in total. The molecule has 1 atom stereocenters. The molecule has 0 bridgehead atoms. The van der Waals surface area contributed by atoms with Gasteiger partial charge in [-0.05, 0) is 27.7 Å². The second-order valence-electron chi connectivity index (χ2n) is 5.80. The molecule has 2 amide bonds. The normalized spacial score (nSPS) is 12.6. The third kappa shape index (κ3) is 5.85. The van der Waals surface area contributed by atoms with E-state index in [9.17, 15) is 9.59 Å². The van der Waals surface area contributed by atoms with E-state index < -0.39 is 11.7 Å². The van der Waals surface area contributed by atoms with E-state index in [4.69, 9.17) is 4.74 Å². The molecule has 1 aromatic rings. The van der Waals surface area contributed by atoms with Crippen LogP contribution in [0.4, 0.5) is 4.79 Å². The van der Waals surface area contributed by atoms with Crippen molar-refractivity contribution in [1.29, 1.82) is 0 Å². The van der Waals surface area contributed by atoms with Gasteiger partial charge < -0.3 is 19.9 Å². The maximum atomic E-state index is 11.8. The number of carbonyl (C=O) groups excluding carboxylic acids is 2. The van der Waals surface area contributed by atoms with Gasteiger partial charge in [-0.1, -0.05) is 0 Å². The van der Waals surface area contributed by atoms with Crippen LogP contribution in [0.3, 0.4) is 0 Å². The van der Waals surface area contributed by atoms with Gasteiger partial charge in [0, 0.05) is 20.0 Å². The molecule has 0 spiro atoms. The third-order valence-corrected chi connectivity index (χ3v) is 2.78. The SMILES string of the molecule is CNC(=O)CCn1cncc1[C@H](C)NC(=O)OC(C)(C)C. The Morgan fingerprint density at radius 2 is 2.10 bits per heavy atom. The Labute approximate surface area is 125 Å². The molecule has 0 fully saturated rings. The van der Waals surface area contributed by atoms with Crippen LogP contribution in [-0.4, -0.2) is 34.2 Å². The number of aromatic nitrogens is 2. The zero-order valence-electron chi connectivity index (χ0n) is 13.3. The van der Waals surface area contributed by atoms with Crippen molar-refractivity contribution >= 4 is 12.0 Å². The minimum atomic E-state index is -0.538. The van der Waals surface area contributed by atoms with Gasteiger partial charge in [0.1, 0.15) is 5.60 Å². The average Bonchev–Trinajstić information content (AvgIpc) is 2.81. The van der Waals surface area contributed by atoms with Crippen LogP contribution in [0.5, 0.6) is 0 Å². The molecule has 7 heteroatoms. The molecule has 0 aromatic carbocycles. The highest BCUT2D eigenvalue weighted by Gasteiger charge is 2.20. The number of nitrogens with zero attached hydrogens (tertiary/aromatic N) is 2. The maximum Gasteiger partial charge on any atom is 0.408 e. The Hall–Kier alpha value is -2.05. The van der Waals surface area contributed by atoms with Gasteiger partial charge in [0.2, 0.25) is 5.91 Å². The molecular weight excluding hydrogens is 272 g/mol. The van der Waals surface area contributed by atoms with E-state index in [1.165, 1.54) is 0 Å². The average molecular weight is 296 g/mol. The summed E-state index contributed by atoms with van der Waals surface area (Å²) in [6, 6.07) is -0.257. The number of carbonyl (C=O) groups is 2. The first-order valence-electron chi connectivity index (χ1n) is 6.93. The van der Waals surface area contributed by atoms with E-state index >= 15 is 0 Å². The van der Waals surface area contributed by atoms with Crippen molar-refractivity contribution in [2.45, 2.75) is 52.3 Å². The highest BCUT2D eigenvalue weighted by Crippen LogP contribution is 2.14. The van der Waals surface area contributed by atoms with Crippen LogP contribution in [0, 0.1) is 0 Å². The molecule has 0 saturated carbocycles. The van der Waals surface area contributed by atoms with Gasteiger partial charge >= 0.3 is 6.09 Å². The Morgan fingerprint density at radius 3 is 2.67 bits per heavy atom. The number of aryl methyl sites for hydroxylation is 1. The lowest BCUT2D eigenvalue weighted by atomic mass is 10.2. The standard InChI is InChI=1S/C14H24N4O3/c1-10(17-13(20)21-14(2,3)4)11-8-16-9-18(11)7-6-12(19)15-5/h8-10H,6-7H2,1-5H3,(H,15,19)(H,17,20)/t10-/m0/s1. The van der Waals surface area contributed by atoms with Gasteiger partial charge in [-0.2, -0.15) is 0 Å². The molecule has 2 N–H and O–H groups in total. The smallest absolute Gasteiger partial charge is 0.408 e. The van der Waals surface area contributed by atoms with E-state index in [1.807, 2.05) is 32.3 Å². The monoisotopic (exact) mass is 296 g/mol. The van der Waals surface area contributed by atoms with Crippen molar-refractivity contribution in [3.05, 3.63) is 18.2 Å². The van der Waals surface area contributed by atoms with Crippen LogP contribution >= 0.6 is 0 Å². The van der Waals surface area contributed by atoms with Crippen molar-refractivity contribution in [2.75, 3.05) is 7.05 Å². The van der Waals surface area contributed by atoms with Crippen molar-refractivity contribution in [2.24, 2.45) is 0 Å². The number of ether oxygens (including phenoxy) is 1. The summed E-state index contributed by atoms with van der Waals surface area (Å²) in [7, 11) is 1.60. The topological polar surface area (TPSA) is 85.3 Å². The van der Waals surface area contributed by atoms with Gasteiger partial charge in [0.15, 0.2) is 0 Å². The van der Waals surface area contributed by atoms with Gasteiger partial charge in [-0.25, -0.2) is 9.78 Å². The largest absolute Gasteiger partial charge is 0.444 e. The summed E-state index contributed by atoms with van der Waals surface area (Å²) in [6.07, 6.45) is 3.20. The predicted octanol–water partition coefficient (Wildman–Crippen LogP) is 1.60. The number of rotatable bonds is 5. The molecule has 0 radical (unpaired) electrons. The minimum Gasteiger partial charge on any atom is -0.444 e. The second-order valence-corrected chi connectivity index (χ2v) is 5.80. The van der Waals surface area contributed by atoms with Gasteiger partial charge in [0.25, 0.3) is 0 Å². The number of nitrogens with one attached hydrogen (secondary N) is 2. The quantitative estimate of drug-likeness (QED) is 0.864. The molecule has 118 valence electrons. The van der Waals surface area contributed by atoms with Crippen LogP contribution in [0.1, 0.15) is 45.9 Å². The highest BCUT2D eigenvalue weighted by atomic mass is 16.6. The summed E-state index contributed by atoms with van der Waals surface area (Å²) in [5, 5.41) is 5.33. The highest BCUT2D eigenvalue weighted by molar-refractivity contribution is 5.75. The lowest BCUT2D eigenvalue weighted by Crippen LogP contribution is -2.34. The summed E-state index contributed by atoms with van der Waals surface area (Å²) in [6.45, 7) is 7.78. The number of imidazole rings is 1. The molecule has 1 aromatic heterocycles. The van der Waals surface area contributed by atoms with E-state index in [2.05, 4.69) is 15.6 Å². The first kappa shape index (κ1) is 17.0. The first-order valence-corrected chi connectivity index (χ1v) is 6.93. The Morgan fingerprint density at radius 1 is 1.43 bits per heavy atom. The Kier molecular flexibility index (Phi) is 5.75. The fourth-order valence-electron chi connectivity index (χ4n) is 1.78. The molecular formula is C14H24N4O3. The zero-order chi connectivity index (χ0) is 16.0. The first-order chi connectivity index (χ1) is 9.73. The van der Waals surface area contributed by atoms with Crippen molar-refractivity contribution in [1.82, 2.24) is 20.2 Å². The summed E-state index contributed by atoms with van der Waals surface area (Å²) < 4.78 is 7.06. The number of hydrogen-bond donors (Lipinski definition) is 2. The summed E-state index contributed by atoms with van der Waals surface area (Å²) in [5.74, 6) is -0.0394. The minimum absolute atomic E-state index is 0.0394. The number of hydrogen-bond acceptors (Lipinski definition) is 4. The molecule has 21 heavy (non-hydrogen) atoms. The third-order valence-electron chi connectivity index (χ3n) is 2.78. The Bertz CT molecular complexity index is 491. The van der Waals surface area contributed by atoms with Gasteiger partial charge in [-0.15, -0.1) is 0 Å². The second kappa shape index (κ2) is 7.10. The van der Waals surface area contributed by atoms with Crippen molar-refractivity contribution in [3.63, 3.8) is 0 Å². The summed E-state index contributed by atoms with van der Waals surface area (Å²) in [5.41, 5.74) is 0.285. The van der Waals surface area contributed by atoms with Crippen molar-refractivity contribution in [3.8, 4) is 0 Å². The number of amides is 2. The fourth-order valence-corrected chi connectivity index (χ4v) is 1.78. The maximum absolute atomic E-state index is 11.8. The van der Waals surface area contributed by atoms with E-state index in [0.29, 0.717) is 13.0 Å². The van der Waals surface area contributed by atoms with Crippen LogP contribution in [0.2, 0.25) is 0 Å². The molecule has 0 aliphatic heterocycles. The van der Waals surface area contributed by atoms with Crippen LogP contribution < -0.4 is 10.6 Å². The van der Waals surface area contributed by atoms with E-state index in [1.54, 1.807) is 19.6 Å². The Balaban J connectivity index is 2.62. The van der Waals surface area contributed by atoms with Crippen LogP contribution in [0.15, 0.2) is 12.5 Å². The molecule has 1 heterocycles. The molecule has 0 unspecified atom stereocenters. The van der Waals surface area contributed by atoms with E-state index in [0.717, 1.165) is 5.69 Å². The molecule has 0 aliphatic rings. The lowest BCUT2D eigenvalue weighted by molar-refractivity contribution is -0.120. The zero-order valence-corrected chi connectivity index (χ0v) is 13.3.